The minimum atomic E-state index is -4.89. The van der Waals surface area contributed by atoms with Gasteiger partial charge in [0, 0.05) is 18.5 Å². The molecule has 1 aromatic carbocycles. The van der Waals surface area contributed by atoms with Gasteiger partial charge in [-0.2, -0.15) is 0 Å². The second-order valence-electron chi connectivity index (χ2n) is 5.95. The van der Waals surface area contributed by atoms with E-state index in [1.165, 1.54) is 10.9 Å². The maximum absolute atomic E-state index is 8.77. The van der Waals surface area contributed by atoms with Crippen LogP contribution in [0.4, 0.5) is 0 Å². The zero-order valence-electron chi connectivity index (χ0n) is 13.3. The highest BCUT2D eigenvalue weighted by Crippen LogP contribution is 2.23. The highest BCUT2D eigenvalue weighted by atomic mass is 31.2. The second-order valence-corrected chi connectivity index (χ2v) is 6.93. The summed E-state index contributed by atoms with van der Waals surface area (Å²) in [5.74, 6) is 0.944. The predicted octanol–water partition coefficient (Wildman–Crippen LogP) is 0.703. The first-order valence-corrected chi connectivity index (χ1v) is 8.25. The molecular formula is C14H23N2O5P. The van der Waals surface area contributed by atoms with E-state index in [1.807, 2.05) is 7.05 Å². The minimum Gasteiger partial charge on any atom is -0.756 e. The first kappa shape index (κ1) is 18.7. The molecule has 0 atom stereocenters. The Morgan fingerprint density at radius 2 is 1.82 bits per heavy atom. The summed E-state index contributed by atoms with van der Waals surface area (Å²) in [6.07, 6.45) is 0. The number of rotatable bonds is 4. The Morgan fingerprint density at radius 1 is 1.27 bits per heavy atom. The van der Waals surface area contributed by atoms with Crippen molar-refractivity contribution in [2.75, 3.05) is 34.3 Å². The van der Waals surface area contributed by atoms with Crippen molar-refractivity contribution in [3.8, 4) is 5.88 Å². The molecule has 0 saturated carbocycles. The molecule has 0 aliphatic carbocycles. The van der Waals surface area contributed by atoms with Gasteiger partial charge in [-0.05, 0) is 6.07 Å². The summed E-state index contributed by atoms with van der Waals surface area (Å²) in [6.45, 7) is 1.75. The smallest absolute Gasteiger partial charge is 0.262 e. The van der Waals surface area contributed by atoms with E-state index in [0.29, 0.717) is 0 Å². The van der Waals surface area contributed by atoms with E-state index in [9.17, 15) is 0 Å². The second kappa shape index (κ2) is 7.26. The van der Waals surface area contributed by atoms with Crippen LogP contribution in [0, 0.1) is 0 Å². The van der Waals surface area contributed by atoms with Crippen molar-refractivity contribution in [3.05, 3.63) is 30.3 Å². The molecule has 2 aromatic rings. The molecule has 0 saturated heterocycles. The van der Waals surface area contributed by atoms with E-state index in [-0.39, 0.29) is 0 Å². The lowest BCUT2D eigenvalue weighted by Gasteiger charge is -2.23. The molecule has 0 fully saturated rings. The molecule has 8 heteroatoms. The molecule has 22 heavy (non-hydrogen) atoms. The van der Waals surface area contributed by atoms with Gasteiger partial charge < -0.3 is 28.5 Å². The number of aromatic nitrogens is 1. The first-order valence-electron chi connectivity index (χ1n) is 6.71. The summed E-state index contributed by atoms with van der Waals surface area (Å²) in [5, 5.41) is 1.23. The average molecular weight is 330 g/mol. The molecule has 0 spiro atoms. The molecule has 7 nitrogen and oxygen atoms in total. The molecule has 1 aromatic heterocycles. The van der Waals surface area contributed by atoms with Crippen LogP contribution < -0.4 is 9.63 Å². The van der Waals surface area contributed by atoms with Crippen LogP contribution in [0.3, 0.4) is 0 Å². The number of para-hydroxylation sites is 1. The maximum Gasteiger partial charge on any atom is 0.262 e. The van der Waals surface area contributed by atoms with Crippen LogP contribution in [0.1, 0.15) is 0 Å². The van der Waals surface area contributed by atoms with Gasteiger partial charge in [-0.25, -0.2) is 0 Å². The molecule has 124 valence electrons. The Labute approximate surface area is 130 Å². The van der Waals surface area contributed by atoms with Gasteiger partial charge in [-0.3, -0.25) is 4.57 Å². The lowest BCUT2D eigenvalue weighted by atomic mass is 10.2. The summed E-state index contributed by atoms with van der Waals surface area (Å²) in [5.41, 5.74) is 1.22. The largest absolute Gasteiger partial charge is 0.756 e. The third-order valence-electron chi connectivity index (χ3n) is 2.92. The van der Waals surface area contributed by atoms with Crippen molar-refractivity contribution >= 4 is 18.7 Å². The zero-order valence-corrected chi connectivity index (χ0v) is 14.2. The molecule has 0 aliphatic heterocycles. The van der Waals surface area contributed by atoms with Crippen molar-refractivity contribution in [2.24, 2.45) is 7.05 Å². The van der Waals surface area contributed by atoms with Crippen LogP contribution in [0.25, 0.3) is 10.9 Å². The van der Waals surface area contributed by atoms with Crippen molar-refractivity contribution < 1.29 is 28.5 Å². The predicted molar refractivity (Wildman–Crippen MR) is 83.4 cm³/mol. The zero-order chi connectivity index (χ0) is 17.0. The number of hydrogen-bond donors (Lipinski definition) is 2. The molecule has 2 N–H and O–H groups in total. The van der Waals surface area contributed by atoms with Gasteiger partial charge in [0.15, 0.2) is 5.88 Å². The number of phosphoric acid groups is 1. The van der Waals surface area contributed by atoms with Gasteiger partial charge in [-0.1, -0.05) is 18.2 Å². The minimum absolute atomic E-state index is 0.744. The fourth-order valence-corrected chi connectivity index (χ4v) is 1.83. The molecule has 2 rings (SSSR count). The summed E-state index contributed by atoms with van der Waals surface area (Å²) >= 11 is 0. The topological polar surface area (TPSA) is 94.8 Å². The van der Waals surface area contributed by atoms with E-state index >= 15 is 0 Å². The lowest BCUT2D eigenvalue weighted by Crippen LogP contribution is -2.38. The normalized spacial score (nSPS) is 12.0. The van der Waals surface area contributed by atoms with Crippen LogP contribution in [-0.2, 0) is 11.6 Å². The van der Waals surface area contributed by atoms with Crippen molar-refractivity contribution in [1.82, 2.24) is 4.57 Å². The standard InChI is InChI=1S/C14H21N2O.H3O4P/c1-15-13-8-6-5-7-12(13)11-14(15)17-10-9-16(2,3)4;1-5(2,3)4/h5-8,11H,9-10H2,1-4H3;(H3,1,2,3,4)/q+1;/p-1. The van der Waals surface area contributed by atoms with Crippen molar-refractivity contribution in [2.45, 2.75) is 0 Å². The Kier molecular flexibility index (Phi) is 6.17. The molecule has 0 bridgehead atoms. The van der Waals surface area contributed by atoms with Gasteiger partial charge in [0.05, 0.1) is 26.7 Å². The Hall–Kier alpha value is -1.37. The number of hydrogen-bond acceptors (Lipinski definition) is 3. The fraction of sp³-hybridized carbons (Fsp3) is 0.429. The Morgan fingerprint density at radius 3 is 2.32 bits per heavy atom. The fourth-order valence-electron chi connectivity index (χ4n) is 1.83. The quantitative estimate of drug-likeness (QED) is 0.636. The van der Waals surface area contributed by atoms with E-state index in [1.54, 1.807) is 0 Å². The number of aryl methyl sites for hydroxylation is 1. The highest BCUT2D eigenvalue weighted by Gasteiger charge is 2.09. The summed E-state index contributed by atoms with van der Waals surface area (Å²) in [7, 11) is 3.67. The molecule has 0 amide bonds. The SMILES string of the molecule is Cn1c(OCC[N+](C)(C)C)cc2ccccc21.O=P([O-])(O)O. The van der Waals surface area contributed by atoms with Crippen LogP contribution >= 0.6 is 7.82 Å². The summed E-state index contributed by atoms with van der Waals surface area (Å²) < 4.78 is 17.6. The molecule has 0 unspecified atom stereocenters. The number of quaternary nitrogens is 1. The van der Waals surface area contributed by atoms with Gasteiger partial charge in [-0.15, -0.1) is 0 Å². The van der Waals surface area contributed by atoms with Gasteiger partial charge >= 0.3 is 0 Å². The number of ether oxygens (including phenoxy) is 1. The third kappa shape index (κ3) is 7.06. The van der Waals surface area contributed by atoms with E-state index in [2.05, 4.69) is 56.0 Å². The van der Waals surface area contributed by atoms with Gasteiger partial charge in [0.2, 0.25) is 0 Å². The average Bonchev–Trinajstić information content (AvgIpc) is 2.64. The molecule has 0 radical (unpaired) electrons. The Bertz CT molecular complexity index is 649. The number of likely N-dealkylation sites (N-methyl/N-ethyl adjacent to an activating group) is 1. The third-order valence-corrected chi connectivity index (χ3v) is 2.92. The number of fused-ring (bicyclic) bond motifs is 1. The summed E-state index contributed by atoms with van der Waals surface area (Å²) in [4.78, 5) is 22.9. The van der Waals surface area contributed by atoms with Crippen molar-refractivity contribution in [3.63, 3.8) is 0 Å². The number of benzene rings is 1. The lowest BCUT2D eigenvalue weighted by molar-refractivity contribution is -0.870. The van der Waals surface area contributed by atoms with Crippen LogP contribution in [0.15, 0.2) is 30.3 Å². The number of nitrogens with zero attached hydrogens (tertiary/aromatic N) is 2. The van der Waals surface area contributed by atoms with E-state index in [4.69, 9.17) is 24.0 Å². The van der Waals surface area contributed by atoms with Gasteiger partial charge in [0.25, 0.3) is 7.82 Å². The molecular weight excluding hydrogens is 307 g/mol. The van der Waals surface area contributed by atoms with Crippen LogP contribution in [0.2, 0.25) is 0 Å². The molecule has 1 heterocycles. The van der Waals surface area contributed by atoms with E-state index < -0.39 is 7.82 Å². The van der Waals surface area contributed by atoms with Gasteiger partial charge in [0.1, 0.15) is 13.2 Å². The highest BCUT2D eigenvalue weighted by molar-refractivity contribution is 7.43. The van der Waals surface area contributed by atoms with Crippen molar-refractivity contribution in [1.29, 1.82) is 0 Å². The maximum atomic E-state index is 8.77. The summed E-state index contributed by atoms with van der Waals surface area (Å²) in [6, 6.07) is 10.4. The Balaban J connectivity index is 0.000000422. The van der Waals surface area contributed by atoms with Crippen LogP contribution in [0.5, 0.6) is 5.88 Å². The van der Waals surface area contributed by atoms with E-state index in [0.717, 1.165) is 23.5 Å². The molecule has 0 aliphatic rings. The monoisotopic (exact) mass is 330 g/mol. The van der Waals surface area contributed by atoms with Crippen LogP contribution in [-0.4, -0.2) is 53.1 Å². The first-order chi connectivity index (χ1) is 9.97.